The summed E-state index contributed by atoms with van der Waals surface area (Å²) < 4.78 is 5.75. The summed E-state index contributed by atoms with van der Waals surface area (Å²) in [5, 5.41) is 3.57. The fraction of sp³-hybridized carbons (Fsp3) is 0.308. The molecule has 0 aliphatic rings. The molecule has 100 valence electrons. The number of pyridine rings is 1. The largest absolute Gasteiger partial charge is 0.437 e. The number of hydrogen-bond donors (Lipinski definition) is 1. The van der Waals surface area contributed by atoms with Gasteiger partial charge in [0.05, 0.1) is 16.8 Å². The van der Waals surface area contributed by atoms with Gasteiger partial charge in [0.1, 0.15) is 17.9 Å². The molecule has 0 radical (unpaired) electrons. The lowest BCUT2D eigenvalue weighted by Crippen LogP contribution is -2.03. The van der Waals surface area contributed by atoms with Crippen LogP contribution in [0.1, 0.15) is 18.9 Å². The Morgan fingerprint density at radius 3 is 2.84 bits per heavy atom. The van der Waals surface area contributed by atoms with E-state index in [-0.39, 0.29) is 0 Å². The Morgan fingerprint density at radius 2 is 2.16 bits per heavy atom. The molecule has 0 atom stereocenters. The predicted octanol–water partition coefficient (Wildman–Crippen LogP) is 3.31. The van der Waals surface area contributed by atoms with Crippen LogP contribution in [0.15, 0.2) is 24.8 Å². The molecule has 0 aromatic carbocycles. The fourth-order valence-electron chi connectivity index (χ4n) is 1.73. The number of hydrogen-bond acceptors (Lipinski definition) is 5. The van der Waals surface area contributed by atoms with Gasteiger partial charge in [-0.25, -0.2) is 9.97 Å². The van der Waals surface area contributed by atoms with Crippen molar-refractivity contribution in [3.63, 3.8) is 0 Å². The number of nitrogens with one attached hydrogen (secondary N) is 1. The first-order valence-electron chi connectivity index (χ1n) is 6.04. The van der Waals surface area contributed by atoms with Gasteiger partial charge >= 0.3 is 0 Å². The van der Waals surface area contributed by atoms with Crippen LogP contribution in [0, 0.1) is 0 Å². The number of ether oxygens (including phenoxy) is 1. The first-order valence-corrected chi connectivity index (χ1v) is 6.42. The molecular weight excluding hydrogens is 264 g/mol. The zero-order valence-corrected chi connectivity index (χ0v) is 11.6. The van der Waals surface area contributed by atoms with Gasteiger partial charge in [0.2, 0.25) is 5.88 Å². The van der Waals surface area contributed by atoms with Crippen LogP contribution in [-0.2, 0) is 6.42 Å². The minimum absolute atomic E-state index is 0.525. The Bertz CT molecular complexity index is 562. The molecule has 0 saturated heterocycles. The van der Waals surface area contributed by atoms with E-state index in [0.29, 0.717) is 16.7 Å². The van der Waals surface area contributed by atoms with Crippen molar-refractivity contribution >= 4 is 17.4 Å². The summed E-state index contributed by atoms with van der Waals surface area (Å²) in [6.45, 7) is 2.09. The van der Waals surface area contributed by atoms with Crippen LogP contribution in [0.25, 0.3) is 0 Å². The van der Waals surface area contributed by atoms with E-state index >= 15 is 0 Å². The molecular formula is C13H15ClN4O. The molecule has 0 bridgehead atoms. The predicted molar refractivity (Wildman–Crippen MR) is 74.9 cm³/mol. The zero-order chi connectivity index (χ0) is 13.7. The maximum Gasteiger partial charge on any atom is 0.227 e. The summed E-state index contributed by atoms with van der Waals surface area (Å²) >= 11 is 5.88. The van der Waals surface area contributed by atoms with Gasteiger partial charge < -0.3 is 10.1 Å². The van der Waals surface area contributed by atoms with Crippen LogP contribution >= 0.6 is 11.6 Å². The van der Waals surface area contributed by atoms with E-state index in [1.165, 1.54) is 6.33 Å². The van der Waals surface area contributed by atoms with E-state index in [9.17, 15) is 0 Å². The molecule has 0 fully saturated rings. The average Bonchev–Trinajstić information content (AvgIpc) is 2.41. The van der Waals surface area contributed by atoms with E-state index in [0.717, 1.165) is 24.2 Å². The molecule has 5 nitrogen and oxygen atoms in total. The second kappa shape index (κ2) is 6.33. The molecule has 0 aliphatic carbocycles. The summed E-state index contributed by atoms with van der Waals surface area (Å²) in [6.07, 6.45) is 6.44. The molecule has 2 heterocycles. The fourth-order valence-corrected chi connectivity index (χ4v) is 1.90. The normalized spacial score (nSPS) is 10.3. The molecule has 0 spiro atoms. The number of halogens is 1. The van der Waals surface area contributed by atoms with Crippen LogP contribution in [-0.4, -0.2) is 22.0 Å². The van der Waals surface area contributed by atoms with Crippen LogP contribution in [0.5, 0.6) is 11.6 Å². The molecule has 0 saturated carbocycles. The number of nitrogens with zero attached hydrogens (tertiary/aromatic N) is 3. The van der Waals surface area contributed by atoms with Gasteiger partial charge in [-0.3, -0.25) is 4.98 Å². The summed E-state index contributed by atoms with van der Waals surface area (Å²) in [5.74, 6) is 1.87. The lowest BCUT2D eigenvalue weighted by Gasteiger charge is -2.12. The smallest absolute Gasteiger partial charge is 0.227 e. The van der Waals surface area contributed by atoms with Gasteiger partial charge in [-0.1, -0.05) is 24.9 Å². The Balaban J connectivity index is 2.33. The third kappa shape index (κ3) is 3.32. The summed E-state index contributed by atoms with van der Waals surface area (Å²) in [6, 6.07) is 1.70. The van der Waals surface area contributed by atoms with Crippen LogP contribution in [0.3, 0.4) is 0 Å². The van der Waals surface area contributed by atoms with E-state index in [2.05, 4.69) is 27.2 Å². The van der Waals surface area contributed by atoms with Crippen molar-refractivity contribution in [3.8, 4) is 11.6 Å². The highest BCUT2D eigenvalue weighted by atomic mass is 35.5. The maximum absolute atomic E-state index is 5.88. The number of aromatic nitrogens is 3. The SMILES string of the molecule is CCCc1c(NC)ncnc1Oc1cncc(Cl)c1. The highest BCUT2D eigenvalue weighted by molar-refractivity contribution is 6.30. The van der Waals surface area contributed by atoms with Crippen LogP contribution in [0.4, 0.5) is 5.82 Å². The lowest BCUT2D eigenvalue weighted by molar-refractivity contribution is 0.452. The quantitative estimate of drug-likeness (QED) is 0.909. The molecule has 1 N–H and O–H groups in total. The maximum atomic E-state index is 5.88. The van der Waals surface area contributed by atoms with Gasteiger partial charge in [0.25, 0.3) is 0 Å². The third-order valence-electron chi connectivity index (χ3n) is 2.54. The Kier molecular flexibility index (Phi) is 4.52. The number of rotatable bonds is 5. The second-order valence-electron chi connectivity index (χ2n) is 3.95. The molecule has 0 unspecified atom stereocenters. The Labute approximate surface area is 117 Å². The Morgan fingerprint density at radius 1 is 1.32 bits per heavy atom. The summed E-state index contributed by atoms with van der Waals surface area (Å²) in [7, 11) is 1.83. The minimum atomic E-state index is 0.525. The van der Waals surface area contributed by atoms with Crippen molar-refractivity contribution in [2.45, 2.75) is 19.8 Å². The van der Waals surface area contributed by atoms with E-state index < -0.39 is 0 Å². The molecule has 6 heteroatoms. The number of anilines is 1. The first-order chi connectivity index (χ1) is 9.24. The molecule has 0 aliphatic heterocycles. The van der Waals surface area contributed by atoms with Crippen LogP contribution < -0.4 is 10.1 Å². The average molecular weight is 279 g/mol. The molecule has 0 amide bonds. The van der Waals surface area contributed by atoms with E-state index in [4.69, 9.17) is 16.3 Å². The lowest BCUT2D eigenvalue weighted by atomic mass is 10.2. The third-order valence-corrected chi connectivity index (χ3v) is 2.74. The standard InChI is InChI=1S/C13H15ClN4O/c1-3-4-11-12(15-2)17-8-18-13(11)19-10-5-9(14)6-16-7-10/h5-8H,3-4H2,1-2H3,(H,15,17,18). The van der Waals surface area contributed by atoms with Gasteiger partial charge in [-0.15, -0.1) is 0 Å². The topological polar surface area (TPSA) is 59.9 Å². The van der Waals surface area contributed by atoms with Gasteiger partial charge in [-0.05, 0) is 6.42 Å². The highest BCUT2D eigenvalue weighted by Crippen LogP contribution is 2.28. The molecule has 2 aromatic heterocycles. The monoisotopic (exact) mass is 278 g/mol. The van der Waals surface area contributed by atoms with Gasteiger partial charge in [0, 0.05) is 19.3 Å². The van der Waals surface area contributed by atoms with Crippen molar-refractivity contribution in [1.29, 1.82) is 0 Å². The Hall–Kier alpha value is -1.88. The summed E-state index contributed by atoms with van der Waals surface area (Å²) in [5.41, 5.74) is 0.951. The van der Waals surface area contributed by atoms with Crippen molar-refractivity contribution in [2.75, 3.05) is 12.4 Å². The molecule has 2 aromatic rings. The summed E-state index contributed by atoms with van der Waals surface area (Å²) in [4.78, 5) is 12.4. The van der Waals surface area contributed by atoms with Crippen molar-refractivity contribution in [2.24, 2.45) is 0 Å². The van der Waals surface area contributed by atoms with E-state index in [1.54, 1.807) is 18.5 Å². The molecule has 19 heavy (non-hydrogen) atoms. The van der Waals surface area contributed by atoms with Crippen molar-refractivity contribution in [3.05, 3.63) is 35.4 Å². The first kappa shape index (κ1) is 13.5. The van der Waals surface area contributed by atoms with Gasteiger partial charge in [0.15, 0.2) is 0 Å². The minimum Gasteiger partial charge on any atom is -0.437 e. The zero-order valence-electron chi connectivity index (χ0n) is 10.9. The second-order valence-corrected chi connectivity index (χ2v) is 4.38. The van der Waals surface area contributed by atoms with E-state index in [1.807, 2.05) is 7.05 Å². The van der Waals surface area contributed by atoms with Crippen LogP contribution in [0.2, 0.25) is 5.02 Å². The molecule has 2 rings (SSSR count). The van der Waals surface area contributed by atoms with Crippen molar-refractivity contribution in [1.82, 2.24) is 15.0 Å². The highest BCUT2D eigenvalue weighted by Gasteiger charge is 2.12. The van der Waals surface area contributed by atoms with Crippen molar-refractivity contribution < 1.29 is 4.74 Å². The van der Waals surface area contributed by atoms with Gasteiger partial charge in [-0.2, -0.15) is 0 Å².